The second-order valence-corrected chi connectivity index (χ2v) is 11.2. The Morgan fingerprint density at radius 2 is 1.91 bits per heavy atom. The molecule has 1 aliphatic heterocycles. The Kier molecular flexibility index (Phi) is 6.96. The molecule has 0 spiro atoms. The Balaban J connectivity index is 1.43. The van der Waals surface area contributed by atoms with E-state index in [-0.39, 0.29) is 10.9 Å². The zero-order chi connectivity index (χ0) is 24.3. The molecule has 1 saturated heterocycles. The van der Waals surface area contributed by atoms with Gasteiger partial charge in [-0.1, -0.05) is 19.3 Å². The Bertz CT molecular complexity index is 1240. The number of piperidine rings is 1. The van der Waals surface area contributed by atoms with E-state index in [1.165, 1.54) is 26.3 Å². The number of nitrogens with one attached hydrogen (secondary N) is 2. The van der Waals surface area contributed by atoms with E-state index in [1.807, 2.05) is 18.3 Å². The fourth-order valence-electron chi connectivity index (χ4n) is 4.99. The molecule has 5 rings (SSSR count). The highest BCUT2D eigenvalue weighted by Crippen LogP contribution is 2.32. The van der Waals surface area contributed by atoms with Crippen LogP contribution in [0.15, 0.2) is 47.6 Å². The summed E-state index contributed by atoms with van der Waals surface area (Å²) in [4.78, 5) is 8.40. The molecule has 10 nitrogen and oxygen atoms in total. The molecule has 186 valence electrons. The fraction of sp³-hybridized carbons (Fsp3) is 0.500. The quantitative estimate of drug-likeness (QED) is 0.512. The van der Waals surface area contributed by atoms with Gasteiger partial charge in [-0.25, -0.2) is 13.1 Å². The number of benzene rings is 1. The van der Waals surface area contributed by atoms with Gasteiger partial charge in [-0.15, -0.1) is 10.2 Å². The van der Waals surface area contributed by atoms with Crippen molar-refractivity contribution in [2.45, 2.75) is 61.9 Å². The Hall–Kier alpha value is -3.05. The number of nitrogens with zero attached hydrogens (tertiary/aromatic N) is 6. The summed E-state index contributed by atoms with van der Waals surface area (Å²) < 4.78 is 27.4. The highest BCUT2D eigenvalue weighted by molar-refractivity contribution is 7.89. The van der Waals surface area contributed by atoms with Crippen LogP contribution in [0.3, 0.4) is 0 Å². The smallest absolute Gasteiger partial charge is 0.240 e. The van der Waals surface area contributed by atoms with Crippen molar-refractivity contribution in [3.05, 3.63) is 42.7 Å². The van der Waals surface area contributed by atoms with Gasteiger partial charge in [-0.3, -0.25) is 4.98 Å². The Morgan fingerprint density at radius 3 is 2.69 bits per heavy atom. The van der Waals surface area contributed by atoms with E-state index in [1.54, 1.807) is 23.1 Å². The Labute approximate surface area is 206 Å². The van der Waals surface area contributed by atoms with Crippen molar-refractivity contribution in [3.8, 4) is 11.4 Å². The molecule has 1 saturated carbocycles. The van der Waals surface area contributed by atoms with Crippen LogP contribution in [0.5, 0.6) is 0 Å². The molecule has 11 heteroatoms. The second-order valence-electron chi connectivity index (χ2n) is 9.28. The molecule has 0 radical (unpaired) electrons. The van der Waals surface area contributed by atoms with Crippen LogP contribution < -0.4 is 14.9 Å². The lowest BCUT2D eigenvalue weighted by Gasteiger charge is -2.33. The minimum atomic E-state index is -3.60. The van der Waals surface area contributed by atoms with Crippen LogP contribution in [0, 0.1) is 0 Å². The molecule has 3 heterocycles. The molecular formula is C24H32N8O2S. The van der Waals surface area contributed by atoms with E-state index < -0.39 is 10.0 Å². The van der Waals surface area contributed by atoms with E-state index in [2.05, 4.69) is 36.3 Å². The van der Waals surface area contributed by atoms with Gasteiger partial charge >= 0.3 is 0 Å². The molecule has 0 bridgehead atoms. The zero-order valence-electron chi connectivity index (χ0n) is 20.0. The zero-order valence-corrected chi connectivity index (χ0v) is 20.8. The molecule has 1 unspecified atom stereocenters. The molecule has 2 aliphatic rings. The highest BCUT2D eigenvalue weighted by atomic mass is 32.2. The van der Waals surface area contributed by atoms with Gasteiger partial charge in [-0.2, -0.15) is 4.80 Å². The lowest BCUT2D eigenvalue weighted by atomic mass is 9.95. The van der Waals surface area contributed by atoms with Crippen molar-refractivity contribution in [2.75, 3.05) is 30.4 Å². The van der Waals surface area contributed by atoms with Crippen molar-refractivity contribution in [1.29, 1.82) is 0 Å². The third kappa shape index (κ3) is 5.30. The summed E-state index contributed by atoms with van der Waals surface area (Å²) in [5.74, 6) is 0.426. The summed E-state index contributed by atoms with van der Waals surface area (Å²) in [5, 5.41) is 17.1. The maximum Gasteiger partial charge on any atom is 0.240 e. The maximum atomic E-state index is 12.5. The van der Waals surface area contributed by atoms with Crippen LogP contribution in [0.1, 0.15) is 51.0 Å². The fourth-order valence-corrected chi connectivity index (χ4v) is 5.75. The standard InChI is InChI=1S/C24H32N8O2S/c1-25-35(33,34)21-11-12-23(27-18-7-3-2-4-8-18)22(15-21)24-28-30-32(29-24)20-10-6-14-31(17-20)19-9-5-13-26-16-19/h5,9,11-13,15-16,18,20,25,27H,2-4,6-8,10,14,17H2,1H3. The van der Waals surface area contributed by atoms with Gasteiger partial charge in [0, 0.05) is 36.6 Å². The van der Waals surface area contributed by atoms with E-state index in [0.717, 1.165) is 50.1 Å². The molecule has 35 heavy (non-hydrogen) atoms. The van der Waals surface area contributed by atoms with E-state index in [4.69, 9.17) is 5.10 Å². The summed E-state index contributed by atoms with van der Waals surface area (Å²) in [6.45, 7) is 1.73. The van der Waals surface area contributed by atoms with Gasteiger partial charge in [0.2, 0.25) is 15.8 Å². The molecule has 2 fully saturated rings. The monoisotopic (exact) mass is 496 g/mol. The minimum Gasteiger partial charge on any atom is -0.382 e. The molecule has 2 N–H and O–H groups in total. The first-order valence-corrected chi connectivity index (χ1v) is 13.8. The van der Waals surface area contributed by atoms with Crippen molar-refractivity contribution < 1.29 is 8.42 Å². The second kappa shape index (κ2) is 10.3. The largest absolute Gasteiger partial charge is 0.382 e. The third-order valence-electron chi connectivity index (χ3n) is 6.94. The van der Waals surface area contributed by atoms with Crippen molar-refractivity contribution in [2.24, 2.45) is 0 Å². The molecule has 0 amide bonds. The average molecular weight is 497 g/mol. The minimum absolute atomic E-state index is 0.0733. The van der Waals surface area contributed by atoms with Gasteiger partial charge in [0.25, 0.3) is 0 Å². The normalized spacial score (nSPS) is 19.6. The van der Waals surface area contributed by atoms with Crippen molar-refractivity contribution >= 4 is 21.4 Å². The van der Waals surface area contributed by atoms with Gasteiger partial charge in [0.05, 0.1) is 22.8 Å². The number of aromatic nitrogens is 5. The average Bonchev–Trinajstić information content (AvgIpc) is 3.40. The highest BCUT2D eigenvalue weighted by Gasteiger charge is 2.26. The number of rotatable bonds is 7. The molecule has 3 aromatic rings. The molecule has 1 atom stereocenters. The van der Waals surface area contributed by atoms with Crippen LogP contribution in [0.4, 0.5) is 11.4 Å². The predicted molar refractivity (Wildman–Crippen MR) is 135 cm³/mol. The molecule has 1 aromatic carbocycles. The predicted octanol–water partition coefficient (Wildman–Crippen LogP) is 3.23. The summed E-state index contributed by atoms with van der Waals surface area (Å²) in [6.07, 6.45) is 11.5. The first-order valence-electron chi connectivity index (χ1n) is 12.3. The van der Waals surface area contributed by atoms with Gasteiger partial charge in [-0.05, 0) is 68.3 Å². The summed E-state index contributed by atoms with van der Waals surface area (Å²) in [7, 11) is -2.19. The van der Waals surface area contributed by atoms with Crippen LogP contribution in [0.25, 0.3) is 11.4 Å². The maximum absolute atomic E-state index is 12.5. The number of anilines is 2. The summed E-state index contributed by atoms with van der Waals surface area (Å²) in [6, 6.07) is 9.52. The number of sulfonamides is 1. The van der Waals surface area contributed by atoms with Crippen molar-refractivity contribution in [1.82, 2.24) is 29.9 Å². The van der Waals surface area contributed by atoms with E-state index in [9.17, 15) is 8.42 Å². The van der Waals surface area contributed by atoms with Gasteiger partial charge in [0.1, 0.15) is 0 Å². The summed E-state index contributed by atoms with van der Waals surface area (Å²) >= 11 is 0. The lowest BCUT2D eigenvalue weighted by Crippen LogP contribution is -2.37. The Morgan fingerprint density at radius 1 is 1.06 bits per heavy atom. The van der Waals surface area contributed by atoms with Crippen LogP contribution in [-0.2, 0) is 10.0 Å². The first-order chi connectivity index (χ1) is 17.0. The number of tetrazole rings is 1. The van der Waals surface area contributed by atoms with Gasteiger partial charge in [0.15, 0.2) is 0 Å². The molecule has 2 aromatic heterocycles. The van der Waals surface area contributed by atoms with Crippen molar-refractivity contribution in [3.63, 3.8) is 0 Å². The first kappa shape index (κ1) is 23.7. The summed E-state index contributed by atoms with van der Waals surface area (Å²) in [5.41, 5.74) is 2.58. The van der Waals surface area contributed by atoms with Crippen LogP contribution in [0.2, 0.25) is 0 Å². The lowest BCUT2D eigenvalue weighted by molar-refractivity contribution is 0.337. The van der Waals surface area contributed by atoms with E-state index >= 15 is 0 Å². The number of hydrogen-bond donors (Lipinski definition) is 2. The third-order valence-corrected chi connectivity index (χ3v) is 8.35. The molecule has 1 aliphatic carbocycles. The van der Waals surface area contributed by atoms with Crippen LogP contribution >= 0.6 is 0 Å². The van der Waals surface area contributed by atoms with Gasteiger partial charge < -0.3 is 10.2 Å². The topological polar surface area (TPSA) is 118 Å². The number of hydrogen-bond acceptors (Lipinski definition) is 8. The molecular weight excluding hydrogens is 464 g/mol. The van der Waals surface area contributed by atoms with E-state index in [0.29, 0.717) is 17.4 Å². The SMILES string of the molecule is CNS(=O)(=O)c1ccc(NC2CCCCC2)c(-c2nnn(C3CCCN(c4cccnc4)C3)n2)c1. The van der Waals surface area contributed by atoms with Crippen LogP contribution in [-0.4, -0.2) is 59.8 Å². The number of pyridine rings is 1.